The van der Waals surface area contributed by atoms with Crippen LogP contribution in [0.15, 0.2) is 12.2 Å². The molecule has 1 saturated heterocycles. The molecule has 0 bridgehead atoms. The molecule has 1 rings (SSSR count). The number of amides is 8. The summed E-state index contributed by atoms with van der Waals surface area (Å²) >= 11 is 0. The minimum absolute atomic E-state index is 0.0676. The predicted molar refractivity (Wildman–Crippen MR) is 337 cm³/mol. The second kappa shape index (κ2) is 35.5. The van der Waals surface area contributed by atoms with Crippen molar-refractivity contribution >= 4 is 64.6 Å². The number of aliphatic hydroxyl groups is 1. The average Bonchev–Trinajstić information content (AvgIpc) is 2.82. The van der Waals surface area contributed by atoms with E-state index >= 15 is 14.4 Å². The number of carbonyl (C=O) groups excluding carboxylic acids is 11. The zero-order valence-electron chi connectivity index (χ0n) is 57.6. The minimum Gasteiger partial charge on any atom is -0.390 e. The van der Waals surface area contributed by atoms with Crippen LogP contribution in [-0.4, -0.2) is 208 Å². The van der Waals surface area contributed by atoms with Crippen LogP contribution >= 0.6 is 0 Å². The van der Waals surface area contributed by atoms with Crippen molar-refractivity contribution in [3.05, 3.63) is 12.2 Å². The lowest BCUT2D eigenvalue weighted by molar-refractivity contribution is -0.157. The normalized spacial score (nSPS) is 27.9. The van der Waals surface area contributed by atoms with Crippen molar-refractivity contribution in [2.45, 2.75) is 237 Å². The van der Waals surface area contributed by atoms with Crippen LogP contribution in [0.1, 0.15) is 182 Å². The van der Waals surface area contributed by atoms with Crippen LogP contribution in [0.3, 0.4) is 0 Å². The van der Waals surface area contributed by atoms with Crippen molar-refractivity contribution in [3.63, 3.8) is 0 Å². The van der Waals surface area contributed by atoms with Gasteiger partial charge in [0.25, 0.3) is 0 Å². The van der Waals surface area contributed by atoms with E-state index in [-0.39, 0.29) is 86.1 Å². The fourth-order valence-corrected chi connectivity index (χ4v) is 11.7. The molecule has 0 aromatic rings. The fraction of sp³-hybridized carbons (Fsp3) is 0.803. The van der Waals surface area contributed by atoms with Crippen LogP contribution in [0.25, 0.3) is 0 Å². The van der Waals surface area contributed by atoms with Crippen LogP contribution < -0.4 is 5.32 Å². The summed E-state index contributed by atoms with van der Waals surface area (Å²) in [5, 5.41) is 14.9. The second-order valence-corrected chi connectivity index (χ2v) is 27.4. The highest BCUT2D eigenvalue weighted by molar-refractivity contribution is 6.00. The number of hydrogen-bond donors (Lipinski definition) is 2. The van der Waals surface area contributed by atoms with Gasteiger partial charge in [-0.1, -0.05) is 116 Å². The van der Waals surface area contributed by atoms with E-state index in [1.807, 2.05) is 82.2 Å². The third-order valence-electron chi connectivity index (χ3n) is 17.5. The number of allylic oxidation sites excluding steroid dienone is 2. The number of likely N-dealkylation sites (N-methyl/N-ethyl adjacent to an activating group) is 7. The van der Waals surface area contributed by atoms with Gasteiger partial charge in [-0.2, -0.15) is 0 Å². The zero-order chi connectivity index (χ0) is 66.8. The topological polar surface area (TPSA) is 243 Å². The van der Waals surface area contributed by atoms with Gasteiger partial charge in [0.15, 0.2) is 17.3 Å². The quantitative estimate of drug-likeness (QED) is 0.159. The largest absolute Gasteiger partial charge is 0.390 e. The van der Waals surface area contributed by atoms with Gasteiger partial charge in [-0.3, -0.25) is 52.7 Å². The number of Topliss-reactive ketones (excluding diaryl/α,β-unsaturated/α-hetero) is 3. The third-order valence-corrected chi connectivity index (χ3v) is 17.5. The number of aliphatic hydroxyl groups excluding tert-OH is 1. The molecule has 1 aliphatic rings. The summed E-state index contributed by atoms with van der Waals surface area (Å²) in [6, 6.07) is -9.26. The summed E-state index contributed by atoms with van der Waals surface area (Å²) in [5.41, 5.74) is 0. The maximum absolute atomic E-state index is 15.2. The fourth-order valence-electron chi connectivity index (χ4n) is 11.7. The lowest BCUT2D eigenvalue weighted by Gasteiger charge is -2.41. The SMILES string of the molecule is C/C=C/C[C@@H](C)[C@@H](O)[C@@H]1C(=O)C[C@H](CC)C(=O)N(C)[C@H](C)C(=O)N(C)[C@@H](CC(C)C)C(=O)C[C@H](C(C)C)C(=O)N(C)[C@H](CC(C)C)C(=O)C[C@H](C)C(=O)N[C@@H](C)C(=O)N(C)[C@H](CC(C)C)C(=O)N(C)[C@H](CC(C)C)C(=O)N(C)[C@H](C(C)C)C(=O)N1C. The Hall–Kier alpha value is -5.53. The summed E-state index contributed by atoms with van der Waals surface area (Å²) in [4.78, 5) is 171. The maximum atomic E-state index is 15.2. The molecule has 1 heterocycles. The van der Waals surface area contributed by atoms with Gasteiger partial charge >= 0.3 is 0 Å². The first-order valence-corrected chi connectivity index (χ1v) is 31.7. The van der Waals surface area contributed by atoms with E-state index in [9.17, 15) is 43.5 Å². The van der Waals surface area contributed by atoms with Gasteiger partial charge in [0.1, 0.15) is 36.3 Å². The monoisotopic (exact) mass is 1210 g/mol. The van der Waals surface area contributed by atoms with Gasteiger partial charge in [-0.25, -0.2) is 0 Å². The van der Waals surface area contributed by atoms with Gasteiger partial charge < -0.3 is 44.7 Å². The van der Waals surface area contributed by atoms with Crippen molar-refractivity contribution in [2.75, 3.05) is 49.3 Å². The predicted octanol–water partition coefficient (Wildman–Crippen LogP) is 6.93. The molecular weight excluding hydrogens is 1100 g/mol. The molecule has 1 aliphatic heterocycles. The van der Waals surface area contributed by atoms with Gasteiger partial charge in [-0.15, -0.1) is 0 Å². The molecule has 86 heavy (non-hydrogen) atoms. The van der Waals surface area contributed by atoms with Crippen LogP contribution in [0.2, 0.25) is 0 Å². The first-order chi connectivity index (χ1) is 39.6. The Kier molecular flexibility index (Phi) is 32.4. The van der Waals surface area contributed by atoms with Gasteiger partial charge in [0.05, 0.1) is 18.2 Å². The number of rotatable bonds is 15. The Morgan fingerprint density at radius 1 is 0.465 bits per heavy atom. The molecule has 0 aromatic heterocycles. The Bertz CT molecular complexity index is 2350. The molecule has 0 unspecified atom stereocenters. The highest BCUT2D eigenvalue weighted by Gasteiger charge is 2.46. The van der Waals surface area contributed by atoms with Crippen LogP contribution in [0, 0.1) is 59.2 Å². The van der Waals surface area contributed by atoms with Crippen molar-refractivity contribution < 1.29 is 57.8 Å². The molecule has 20 heteroatoms. The van der Waals surface area contributed by atoms with Crippen LogP contribution in [-0.2, 0) is 52.7 Å². The third kappa shape index (κ3) is 21.4. The Balaban J connectivity index is 4.37. The van der Waals surface area contributed by atoms with Gasteiger partial charge in [0.2, 0.25) is 47.3 Å². The summed E-state index contributed by atoms with van der Waals surface area (Å²) in [7, 11) is 10.3. The lowest BCUT2D eigenvalue weighted by atomic mass is 9.84. The van der Waals surface area contributed by atoms with Crippen molar-refractivity contribution in [3.8, 4) is 0 Å². The smallest absolute Gasteiger partial charge is 0.246 e. The standard InChI is InChI=1S/C66H116N8O12/c1-26-28-29-43(15)58(78)57-55(77)35-47(27-2)62(82)68(19)46(18)61(81)69(20)50(31-38(5)6)54(76)36-48(41(11)12)63(83)70(21)49(30-37(3)4)53(75)34-44(16)59(79)67-45(17)60(80)71(22)51(32-39(7)8)64(84)72(23)52(33-40(9)10)65(85)73(24)56(42(13)14)66(86)74(57)25/h26,28,37-52,56-58,78H,27,29-36H2,1-25H3,(H,67,79)/b28-26+/t43-,44+,45+,46-,47+,48-,49-,50+,51-,52-,56-,57+,58-/m1/s1. The van der Waals surface area contributed by atoms with Crippen molar-refractivity contribution in [1.29, 1.82) is 0 Å². The summed E-state index contributed by atoms with van der Waals surface area (Å²) in [5.74, 6) is -10.8. The molecule has 20 nitrogen and oxygen atoms in total. The van der Waals surface area contributed by atoms with E-state index in [2.05, 4.69) is 5.32 Å². The van der Waals surface area contributed by atoms with Gasteiger partial charge in [-0.05, 0) is 101 Å². The minimum atomic E-state index is -1.50. The Labute approximate surface area is 517 Å². The molecule has 8 amide bonds. The first kappa shape index (κ1) is 78.5. The van der Waals surface area contributed by atoms with Gasteiger partial charge in [0, 0.05) is 86.3 Å². The first-order valence-electron chi connectivity index (χ1n) is 31.7. The number of ketones is 3. The number of nitrogens with zero attached hydrogens (tertiary/aromatic N) is 7. The van der Waals surface area contributed by atoms with E-state index in [1.54, 1.807) is 40.7 Å². The van der Waals surface area contributed by atoms with E-state index in [1.165, 1.54) is 92.6 Å². The maximum Gasteiger partial charge on any atom is 0.246 e. The van der Waals surface area contributed by atoms with Crippen molar-refractivity contribution in [1.82, 2.24) is 39.6 Å². The summed E-state index contributed by atoms with van der Waals surface area (Å²) < 4.78 is 0. The van der Waals surface area contributed by atoms with E-state index < -0.39 is 143 Å². The molecule has 13 atom stereocenters. The molecular formula is C66H116N8O12. The number of carbonyl (C=O) groups is 11. The molecule has 0 spiro atoms. The molecule has 2 N–H and O–H groups in total. The Morgan fingerprint density at radius 2 is 0.872 bits per heavy atom. The van der Waals surface area contributed by atoms with E-state index in [4.69, 9.17) is 0 Å². The highest BCUT2D eigenvalue weighted by Crippen LogP contribution is 2.30. The molecule has 492 valence electrons. The summed E-state index contributed by atoms with van der Waals surface area (Å²) in [6.07, 6.45) is 2.55. The molecule has 0 aliphatic carbocycles. The van der Waals surface area contributed by atoms with Crippen LogP contribution in [0.5, 0.6) is 0 Å². The summed E-state index contributed by atoms with van der Waals surface area (Å²) in [6.45, 7) is 32.2. The molecule has 0 radical (unpaired) electrons. The molecule has 0 saturated carbocycles. The Morgan fingerprint density at radius 3 is 1.30 bits per heavy atom. The number of nitrogens with one attached hydrogen (secondary N) is 1. The lowest BCUT2D eigenvalue weighted by Crippen LogP contribution is -2.61. The van der Waals surface area contributed by atoms with Crippen LogP contribution in [0.4, 0.5) is 0 Å². The molecule has 1 fully saturated rings. The van der Waals surface area contributed by atoms with E-state index in [0.29, 0.717) is 6.42 Å². The van der Waals surface area contributed by atoms with Crippen molar-refractivity contribution in [2.24, 2.45) is 59.2 Å². The highest BCUT2D eigenvalue weighted by atomic mass is 16.3. The van der Waals surface area contributed by atoms with E-state index in [0.717, 1.165) is 4.90 Å². The average molecular weight is 1210 g/mol. The second-order valence-electron chi connectivity index (χ2n) is 27.4. The molecule has 0 aromatic carbocycles. The number of hydrogen-bond acceptors (Lipinski definition) is 12. The zero-order valence-corrected chi connectivity index (χ0v) is 57.6.